The fourth-order valence-corrected chi connectivity index (χ4v) is 5.66. The highest BCUT2D eigenvalue weighted by atomic mass is 32.1. The van der Waals surface area contributed by atoms with Crippen LogP contribution in [0.2, 0.25) is 0 Å². The van der Waals surface area contributed by atoms with E-state index in [1.165, 1.54) is 73.2 Å². The summed E-state index contributed by atoms with van der Waals surface area (Å²) in [5, 5.41) is 6.89. The van der Waals surface area contributed by atoms with Crippen LogP contribution in [0.5, 0.6) is 0 Å². The van der Waals surface area contributed by atoms with Gasteiger partial charge in [0, 0.05) is 29.8 Å². The molecule has 2 saturated carbocycles. The highest BCUT2D eigenvalue weighted by Crippen LogP contribution is 2.34. The van der Waals surface area contributed by atoms with Crippen LogP contribution in [-0.4, -0.2) is 43.5 Å². The number of terminal acetylenes is 1. The van der Waals surface area contributed by atoms with Crippen LogP contribution >= 0.6 is 20.6 Å². The lowest BCUT2D eigenvalue weighted by molar-refractivity contribution is -0.122. The van der Waals surface area contributed by atoms with Crippen molar-refractivity contribution in [3.63, 3.8) is 0 Å². The maximum Gasteiger partial charge on any atom is 0.290 e. The third kappa shape index (κ3) is 18.5. The fraction of sp³-hybridized carbons (Fsp3) is 0.727. The van der Waals surface area contributed by atoms with Crippen molar-refractivity contribution in [2.24, 2.45) is 11.3 Å². The normalized spacial score (nSPS) is 18.7. The lowest BCUT2D eigenvalue weighted by Crippen LogP contribution is -2.37. The van der Waals surface area contributed by atoms with E-state index in [0.29, 0.717) is 12.1 Å². The summed E-state index contributed by atoms with van der Waals surface area (Å²) in [7, 11) is 4.98. The first-order valence-electron chi connectivity index (χ1n) is 14.7. The smallest absolute Gasteiger partial charge is 0.290 e. The predicted octanol–water partition coefficient (Wildman–Crippen LogP) is 8.80. The minimum absolute atomic E-state index is 0.0549. The molecule has 2 aliphatic carbocycles. The molecule has 0 aliphatic heterocycles. The third-order valence-electron chi connectivity index (χ3n) is 6.78. The van der Waals surface area contributed by atoms with Gasteiger partial charge in [-0.05, 0) is 77.9 Å². The van der Waals surface area contributed by atoms with Crippen molar-refractivity contribution in [2.45, 2.75) is 124 Å². The summed E-state index contributed by atoms with van der Waals surface area (Å²) in [6, 6.07) is 2.90. The number of nitrogens with zero attached hydrogens (tertiary/aromatic N) is 1. The largest absolute Gasteiger partial charge is 0.483 e. The van der Waals surface area contributed by atoms with E-state index in [-0.39, 0.29) is 11.9 Å². The molecule has 39 heavy (non-hydrogen) atoms. The van der Waals surface area contributed by atoms with E-state index < -0.39 is 0 Å². The predicted molar refractivity (Wildman–Crippen MR) is 175 cm³/mol. The average molecular weight is 578 g/mol. The number of anilines is 1. The van der Waals surface area contributed by atoms with Gasteiger partial charge in [-0.3, -0.25) is 4.79 Å². The monoisotopic (exact) mass is 577 g/mol. The lowest BCUT2D eigenvalue weighted by atomic mass is 9.91. The topological polar surface area (TPSA) is 49.8 Å². The Kier molecular flexibility index (Phi) is 21.3. The van der Waals surface area contributed by atoms with Gasteiger partial charge in [0.1, 0.15) is 0 Å². The first-order valence-corrected chi connectivity index (χ1v) is 16.4. The zero-order valence-electron chi connectivity index (χ0n) is 25.9. The molecule has 2 fully saturated rings. The zero-order chi connectivity index (χ0) is 29.7. The maximum absolute atomic E-state index is 8.36. The molecule has 0 saturated heterocycles. The molecule has 1 aromatic heterocycles. The minimum Gasteiger partial charge on any atom is -0.483 e. The Balaban J connectivity index is 0.000000782. The van der Waals surface area contributed by atoms with Crippen LogP contribution in [-0.2, 0) is 9.53 Å². The van der Waals surface area contributed by atoms with Crippen molar-refractivity contribution in [3.8, 4) is 24.2 Å². The number of hydrogen-bond donors (Lipinski definition) is 1. The molecular weight excluding hydrogens is 521 g/mol. The number of aryl methyl sites for hydroxylation is 1. The van der Waals surface area contributed by atoms with E-state index in [2.05, 4.69) is 86.6 Å². The van der Waals surface area contributed by atoms with E-state index >= 15 is 0 Å². The van der Waals surface area contributed by atoms with Gasteiger partial charge >= 0.3 is 0 Å². The summed E-state index contributed by atoms with van der Waals surface area (Å²) in [5.74, 6) is 10.3. The molecule has 1 atom stereocenters. The number of thiophene rings is 1. The Labute approximate surface area is 247 Å². The molecule has 222 valence electrons. The third-order valence-corrected chi connectivity index (χ3v) is 7.97. The molecule has 0 amide bonds. The van der Waals surface area contributed by atoms with E-state index in [4.69, 9.17) is 21.1 Å². The van der Waals surface area contributed by atoms with Gasteiger partial charge in [0.25, 0.3) is 6.47 Å². The molecule has 4 nitrogen and oxygen atoms in total. The van der Waals surface area contributed by atoms with Crippen LogP contribution in [0.3, 0.4) is 0 Å². The molecular formula is C33H56NO3PS. The van der Waals surface area contributed by atoms with Crippen LogP contribution in [0.25, 0.3) is 0 Å². The molecule has 0 aromatic carbocycles. The highest BCUT2D eigenvalue weighted by molar-refractivity contribution is 7.16. The molecule has 1 unspecified atom stereocenters. The van der Waals surface area contributed by atoms with Gasteiger partial charge in [0.05, 0.1) is 23.3 Å². The van der Waals surface area contributed by atoms with Gasteiger partial charge in [0.15, 0.2) is 0 Å². The fourth-order valence-electron chi connectivity index (χ4n) is 4.62. The SMILES string of the molecule is C#CCCC.CC1CCCCC1.Cc1sc(C#CC(C)(C)C)cc1N(C)C1CCC(OCCP)CC1.O=CO. The summed E-state index contributed by atoms with van der Waals surface area (Å²) < 4.78 is 5.90. The summed E-state index contributed by atoms with van der Waals surface area (Å²) in [6.07, 6.45) is 20.6. The summed E-state index contributed by atoms with van der Waals surface area (Å²) in [4.78, 5) is 13.4. The van der Waals surface area contributed by atoms with Crippen molar-refractivity contribution < 1.29 is 14.6 Å². The van der Waals surface area contributed by atoms with Crippen molar-refractivity contribution in [1.82, 2.24) is 0 Å². The van der Waals surface area contributed by atoms with E-state index in [9.17, 15) is 0 Å². The first-order chi connectivity index (χ1) is 18.5. The number of rotatable bonds is 6. The molecule has 6 heteroatoms. The summed E-state index contributed by atoms with van der Waals surface area (Å²) in [5.41, 5.74) is 1.41. The Morgan fingerprint density at radius 2 is 1.77 bits per heavy atom. The molecule has 3 rings (SSSR count). The Bertz CT molecular complexity index is 860. The zero-order valence-corrected chi connectivity index (χ0v) is 27.8. The highest BCUT2D eigenvalue weighted by Gasteiger charge is 2.25. The number of hydrogen-bond acceptors (Lipinski definition) is 4. The molecule has 0 bridgehead atoms. The second-order valence-corrected chi connectivity index (χ2v) is 13.4. The van der Waals surface area contributed by atoms with E-state index in [1.54, 1.807) is 0 Å². The molecule has 0 radical (unpaired) electrons. The van der Waals surface area contributed by atoms with Crippen molar-refractivity contribution in [2.75, 3.05) is 24.7 Å². The Morgan fingerprint density at radius 1 is 1.18 bits per heavy atom. The standard InChI is InChI=1S/C20H32NOPS.C7H14.C5H8.CH2O2/c1-15-19(14-18(24-15)10-11-20(2,3)4)21(5)16-6-8-17(9-7-16)22-12-13-23;1-7-5-3-2-4-6-7;1-3-5-4-2;2-1-3/h14,16-17H,6-9,12-13,23H2,1-5H3;7H,2-6H2,1H3;1H,4-5H2,2H3;1H,(H,2,3). The number of carboxylic acid groups (broad SMARTS) is 1. The van der Waals surface area contributed by atoms with Gasteiger partial charge in [0.2, 0.25) is 0 Å². The van der Waals surface area contributed by atoms with Crippen LogP contribution in [0, 0.1) is 42.4 Å². The number of ether oxygens (including phenoxy) is 1. The van der Waals surface area contributed by atoms with Gasteiger partial charge in [-0.15, -0.1) is 32.9 Å². The Morgan fingerprint density at radius 3 is 2.18 bits per heavy atom. The summed E-state index contributed by atoms with van der Waals surface area (Å²) in [6.45, 7) is 13.7. The van der Waals surface area contributed by atoms with Crippen LogP contribution < -0.4 is 4.90 Å². The van der Waals surface area contributed by atoms with Crippen molar-refractivity contribution in [3.05, 3.63) is 15.8 Å². The van der Waals surface area contributed by atoms with Gasteiger partial charge in [-0.1, -0.05) is 57.8 Å². The maximum atomic E-state index is 8.36. The molecule has 0 spiro atoms. The number of unbranched alkanes of at least 4 members (excludes halogenated alkanes) is 1. The van der Waals surface area contributed by atoms with Crippen molar-refractivity contribution >= 4 is 32.7 Å². The van der Waals surface area contributed by atoms with Gasteiger partial charge in [-0.25, -0.2) is 0 Å². The van der Waals surface area contributed by atoms with E-state index in [0.717, 1.165) is 31.5 Å². The average Bonchev–Trinajstić information content (AvgIpc) is 3.28. The molecule has 1 N–H and O–H groups in total. The quantitative estimate of drug-likeness (QED) is 0.209. The molecule has 1 heterocycles. The van der Waals surface area contributed by atoms with Gasteiger partial charge < -0.3 is 14.7 Å². The van der Waals surface area contributed by atoms with Crippen LogP contribution in [0.15, 0.2) is 6.07 Å². The van der Waals surface area contributed by atoms with Gasteiger partial charge in [-0.2, -0.15) is 0 Å². The second kappa shape index (κ2) is 22.2. The first kappa shape index (κ1) is 37.5. The molecule has 2 aliphatic rings. The second-order valence-electron chi connectivity index (χ2n) is 11.6. The number of carbonyl (C=O) groups is 1. The van der Waals surface area contributed by atoms with Crippen LogP contribution in [0.1, 0.15) is 115 Å². The molecule has 1 aromatic rings. The van der Waals surface area contributed by atoms with E-state index in [1.807, 2.05) is 11.3 Å². The minimum atomic E-state index is -0.250. The summed E-state index contributed by atoms with van der Waals surface area (Å²) >= 11 is 1.82. The Hall–Kier alpha value is -1.52. The van der Waals surface area contributed by atoms with Crippen molar-refractivity contribution in [1.29, 1.82) is 0 Å². The lowest BCUT2D eigenvalue weighted by Gasteiger charge is -2.35. The van der Waals surface area contributed by atoms with Crippen LogP contribution in [0.4, 0.5) is 5.69 Å².